The van der Waals surface area contributed by atoms with E-state index in [1.54, 1.807) is 12.1 Å². The number of carboxylic acid groups (broad SMARTS) is 1. The number of H-pyrrole nitrogens is 1. The summed E-state index contributed by atoms with van der Waals surface area (Å²) in [6, 6.07) is 7.26. The fraction of sp³-hybridized carbons (Fsp3) is 0.214. The third-order valence-corrected chi connectivity index (χ3v) is 2.95. The third kappa shape index (κ3) is 2.54. The van der Waals surface area contributed by atoms with Gasteiger partial charge in [-0.1, -0.05) is 38.1 Å². The lowest BCUT2D eigenvalue weighted by Crippen LogP contribution is -2.15. The molecule has 0 spiro atoms. The molecule has 0 radical (unpaired) electrons. The topological polar surface area (TPSA) is 103 Å². The van der Waals surface area contributed by atoms with Crippen LogP contribution < -0.4 is 5.56 Å². The van der Waals surface area contributed by atoms with E-state index in [9.17, 15) is 14.7 Å². The highest BCUT2D eigenvalue weighted by Gasteiger charge is 2.17. The predicted molar refractivity (Wildman–Crippen MR) is 73.0 cm³/mol. The monoisotopic (exact) mass is 274 g/mol. The van der Waals surface area contributed by atoms with E-state index in [-0.39, 0.29) is 5.82 Å². The van der Waals surface area contributed by atoms with Gasteiger partial charge in [-0.3, -0.25) is 4.79 Å². The zero-order chi connectivity index (χ0) is 14.9. The van der Waals surface area contributed by atoms with Crippen molar-refractivity contribution in [2.24, 2.45) is 0 Å². The fourth-order valence-electron chi connectivity index (χ4n) is 1.78. The predicted octanol–water partition coefficient (Wildman–Crippen LogP) is 1.96. The highest BCUT2D eigenvalue weighted by molar-refractivity contribution is 5.88. The van der Waals surface area contributed by atoms with Crippen molar-refractivity contribution in [3.8, 4) is 17.1 Å². The summed E-state index contributed by atoms with van der Waals surface area (Å²) in [7, 11) is 0. The first-order valence-electron chi connectivity index (χ1n) is 6.07. The summed E-state index contributed by atoms with van der Waals surface area (Å²) in [4.78, 5) is 28.6. The summed E-state index contributed by atoms with van der Waals surface area (Å²) in [6.45, 7) is 4.11. The Morgan fingerprint density at radius 2 is 1.85 bits per heavy atom. The molecule has 0 saturated heterocycles. The average molecular weight is 274 g/mol. The van der Waals surface area contributed by atoms with Crippen LogP contribution in [0.3, 0.4) is 0 Å². The number of aromatic amines is 1. The molecule has 0 unspecified atom stereocenters. The first kappa shape index (κ1) is 13.8. The average Bonchev–Trinajstić information content (AvgIpc) is 2.41. The van der Waals surface area contributed by atoms with Gasteiger partial charge < -0.3 is 15.2 Å². The minimum Gasteiger partial charge on any atom is -0.501 e. The van der Waals surface area contributed by atoms with Gasteiger partial charge in [0.15, 0.2) is 5.69 Å². The van der Waals surface area contributed by atoms with E-state index in [0.717, 1.165) is 5.56 Å². The van der Waals surface area contributed by atoms with Gasteiger partial charge >= 0.3 is 5.97 Å². The summed E-state index contributed by atoms with van der Waals surface area (Å²) in [5.41, 5.74) is 0.166. The maximum Gasteiger partial charge on any atom is 0.358 e. The van der Waals surface area contributed by atoms with Gasteiger partial charge in [0.1, 0.15) is 5.82 Å². The fourth-order valence-corrected chi connectivity index (χ4v) is 1.78. The van der Waals surface area contributed by atoms with E-state index in [1.165, 1.54) is 0 Å². The van der Waals surface area contributed by atoms with E-state index in [2.05, 4.69) is 23.8 Å². The molecule has 6 nitrogen and oxygen atoms in total. The number of hydrogen-bond acceptors (Lipinski definition) is 4. The van der Waals surface area contributed by atoms with Crippen LogP contribution in [0.5, 0.6) is 5.75 Å². The lowest BCUT2D eigenvalue weighted by molar-refractivity contribution is 0.0686. The van der Waals surface area contributed by atoms with Gasteiger partial charge in [0.2, 0.25) is 5.75 Å². The number of rotatable bonds is 3. The molecule has 1 heterocycles. The Balaban J connectivity index is 2.53. The van der Waals surface area contributed by atoms with Crippen molar-refractivity contribution < 1.29 is 15.0 Å². The van der Waals surface area contributed by atoms with Crippen molar-refractivity contribution >= 4 is 5.97 Å². The molecule has 0 bridgehead atoms. The van der Waals surface area contributed by atoms with Gasteiger partial charge in [0.05, 0.1) is 0 Å². The van der Waals surface area contributed by atoms with Gasteiger partial charge in [-0.2, -0.15) is 0 Å². The SMILES string of the molecule is CC(C)c1ccc(-c2nc(C(=O)O)c(O)c(=O)[nH]2)cc1. The highest BCUT2D eigenvalue weighted by Crippen LogP contribution is 2.20. The maximum atomic E-state index is 11.5. The lowest BCUT2D eigenvalue weighted by Gasteiger charge is -2.07. The number of nitrogens with one attached hydrogen (secondary N) is 1. The van der Waals surface area contributed by atoms with Gasteiger partial charge in [-0.15, -0.1) is 0 Å². The molecule has 0 fully saturated rings. The standard InChI is InChI=1S/C14H14N2O4/c1-7(2)8-3-5-9(6-4-8)12-15-10(14(19)20)11(17)13(18)16-12/h3-7,17H,1-2H3,(H,19,20)(H,15,16,18). The van der Waals surface area contributed by atoms with Crippen LogP contribution in [-0.4, -0.2) is 26.2 Å². The lowest BCUT2D eigenvalue weighted by atomic mass is 10.0. The van der Waals surface area contributed by atoms with E-state index in [4.69, 9.17) is 5.11 Å². The Hall–Kier alpha value is -2.63. The Bertz CT molecular complexity index is 702. The summed E-state index contributed by atoms with van der Waals surface area (Å²) >= 11 is 0. The van der Waals surface area contributed by atoms with Crippen LogP contribution in [0.15, 0.2) is 29.1 Å². The van der Waals surface area contributed by atoms with Crippen molar-refractivity contribution in [2.45, 2.75) is 19.8 Å². The normalized spacial score (nSPS) is 10.8. The van der Waals surface area contributed by atoms with Crippen LogP contribution in [0.4, 0.5) is 0 Å². The molecule has 2 aromatic rings. The molecule has 2 rings (SSSR count). The maximum absolute atomic E-state index is 11.5. The third-order valence-electron chi connectivity index (χ3n) is 2.95. The Labute approximate surface area is 114 Å². The van der Waals surface area contributed by atoms with Gasteiger partial charge in [-0.25, -0.2) is 9.78 Å². The molecule has 104 valence electrons. The molecule has 0 saturated carbocycles. The van der Waals surface area contributed by atoms with E-state index in [1.807, 2.05) is 12.1 Å². The molecule has 0 aliphatic carbocycles. The molecule has 0 amide bonds. The number of aromatic carboxylic acids is 1. The Morgan fingerprint density at radius 1 is 1.25 bits per heavy atom. The summed E-state index contributed by atoms with van der Waals surface area (Å²) in [6.07, 6.45) is 0. The zero-order valence-corrected chi connectivity index (χ0v) is 11.0. The molecule has 0 aliphatic heterocycles. The van der Waals surface area contributed by atoms with Crippen molar-refractivity contribution in [3.05, 3.63) is 45.9 Å². The molecule has 0 atom stereocenters. The molecule has 1 aromatic carbocycles. The van der Waals surface area contributed by atoms with Gasteiger partial charge in [0.25, 0.3) is 5.56 Å². The van der Waals surface area contributed by atoms with E-state index in [0.29, 0.717) is 11.5 Å². The molecule has 3 N–H and O–H groups in total. The smallest absolute Gasteiger partial charge is 0.358 e. The molecular formula is C14H14N2O4. The second-order valence-corrected chi connectivity index (χ2v) is 4.69. The summed E-state index contributed by atoms with van der Waals surface area (Å²) in [5, 5.41) is 18.3. The summed E-state index contributed by atoms with van der Waals surface area (Å²) in [5.74, 6) is -1.86. The van der Waals surface area contributed by atoms with Crippen molar-refractivity contribution in [2.75, 3.05) is 0 Å². The molecule has 6 heteroatoms. The quantitative estimate of drug-likeness (QED) is 0.793. The minimum absolute atomic E-state index is 0.112. The number of hydrogen-bond donors (Lipinski definition) is 3. The van der Waals surface area contributed by atoms with Crippen LogP contribution in [-0.2, 0) is 0 Å². The number of aromatic hydroxyl groups is 1. The molecular weight excluding hydrogens is 260 g/mol. The zero-order valence-electron chi connectivity index (χ0n) is 11.0. The number of aromatic nitrogens is 2. The Kier molecular flexibility index (Phi) is 3.56. The van der Waals surface area contributed by atoms with Crippen LogP contribution in [0.1, 0.15) is 35.8 Å². The molecule has 0 aliphatic rings. The van der Waals surface area contributed by atoms with Crippen LogP contribution >= 0.6 is 0 Å². The van der Waals surface area contributed by atoms with Crippen LogP contribution in [0, 0.1) is 0 Å². The largest absolute Gasteiger partial charge is 0.501 e. The van der Waals surface area contributed by atoms with Crippen LogP contribution in [0.2, 0.25) is 0 Å². The highest BCUT2D eigenvalue weighted by atomic mass is 16.4. The van der Waals surface area contributed by atoms with E-state index >= 15 is 0 Å². The first-order valence-corrected chi connectivity index (χ1v) is 6.07. The van der Waals surface area contributed by atoms with Crippen molar-refractivity contribution in [3.63, 3.8) is 0 Å². The Morgan fingerprint density at radius 3 is 2.35 bits per heavy atom. The van der Waals surface area contributed by atoms with Gasteiger partial charge in [0, 0.05) is 5.56 Å². The van der Waals surface area contributed by atoms with Crippen LogP contribution in [0.25, 0.3) is 11.4 Å². The second kappa shape index (κ2) is 5.16. The number of carboxylic acids is 1. The summed E-state index contributed by atoms with van der Waals surface area (Å²) < 4.78 is 0. The van der Waals surface area contributed by atoms with Crippen molar-refractivity contribution in [1.82, 2.24) is 9.97 Å². The molecule has 20 heavy (non-hydrogen) atoms. The van der Waals surface area contributed by atoms with Crippen molar-refractivity contribution in [1.29, 1.82) is 0 Å². The minimum atomic E-state index is -1.45. The first-order chi connectivity index (χ1) is 9.40. The number of nitrogens with zero attached hydrogens (tertiary/aromatic N) is 1. The molecule has 1 aromatic heterocycles. The number of benzene rings is 1. The number of carbonyl (C=O) groups is 1. The second-order valence-electron chi connectivity index (χ2n) is 4.69. The van der Waals surface area contributed by atoms with Gasteiger partial charge in [-0.05, 0) is 11.5 Å². The van der Waals surface area contributed by atoms with E-state index < -0.39 is 23.0 Å².